The molecule has 5 heteroatoms. The van der Waals surface area contributed by atoms with Crippen molar-refractivity contribution in [2.75, 3.05) is 18.0 Å². The molecule has 1 amide bonds. The number of amides is 1. The number of nitrogens with one attached hydrogen (secondary N) is 1. The molecular formula is C19H22N2O3. The van der Waals surface area contributed by atoms with E-state index < -0.39 is 0 Å². The largest absolute Gasteiger partial charge is 0.467 e. The molecule has 2 fully saturated rings. The minimum Gasteiger partial charge on any atom is -0.467 e. The van der Waals surface area contributed by atoms with E-state index in [0.29, 0.717) is 12.5 Å². The van der Waals surface area contributed by atoms with Gasteiger partial charge in [-0.2, -0.15) is 0 Å². The first-order valence-corrected chi connectivity index (χ1v) is 8.55. The number of carbonyl (C=O) groups is 1. The summed E-state index contributed by atoms with van der Waals surface area (Å²) in [5.74, 6) is 1.20. The van der Waals surface area contributed by atoms with Crippen LogP contribution in [-0.4, -0.2) is 31.2 Å². The van der Waals surface area contributed by atoms with E-state index in [1.165, 1.54) is 5.69 Å². The number of furan rings is 1. The second-order valence-corrected chi connectivity index (χ2v) is 6.53. The summed E-state index contributed by atoms with van der Waals surface area (Å²) in [5, 5.41) is 2.91. The molecular weight excluding hydrogens is 304 g/mol. The summed E-state index contributed by atoms with van der Waals surface area (Å²) in [7, 11) is 0. The monoisotopic (exact) mass is 326 g/mol. The third kappa shape index (κ3) is 3.17. The van der Waals surface area contributed by atoms with Crippen LogP contribution >= 0.6 is 0 Å². The Hall–Kier alpha value is -2.27. The van der Waals surface area contributed by atoms with E-state index in [1.54, 1.807) is 6.26 Å². The molecule has 2 aromatic rings. The number of ether oxygens (including phenoxy) is 1. The van der Waals surface area contributed by atoms with Crippen molar-refractivity contribution in [3.8, 4) is 0 Å². The minimum absolute atomic E-state index is 0.0351. The Kier molecular flexibility index (Phi) is 4.26. The Balaban J connectivity index is 1.33. The summed E-state index contributed by atoms with van der Waals surface area (Å²) in [5.41, 5.74) is 1.23. The molecule has 3 atom stereocenters. The molecule has 0 saturated carbocycles. The topological polar surface area (TPSA) is 54.7 Å². The predicted octanol–water partition coefficient (Wildman–Crippen LogP) is 2.58. The average Bonchev–Trinajstić information content (AvgIpc) is 3.29. The smallest absolute Gasteiger partial charge is 0.249 e. The fourth-order valence-corrected chi connectivity index (χ4v) is 3.67. The van der Waals surface area contributed by atoms with Crippen LogP contribution in [0.2, 0.25) is 0 Å². The molecule has 0 bridgehead atoms. The highest BCUT2D eigenvalue weighted by atomic mass is 16.5. The first kappa shape index (κ1) is 15.3. The van der Waals surface area contributed by atoms with E-state index in [2.05, 4.69) is 34.5 Å². The van der Waals surface area contributed by atoms with Crippen LogP contribution in [0.3, 0.4) is 0 Å². The van der Waals surface area contributed by atoms with Crippen LogP contribution in [-0.2, 0) is 16.1 Å². The number of para-hydroxylation sites is 1. The standard InChI is InChI=1S/C19H22N2O3/c22-19(20-12-16-7-4-10-23-16)17-11-14-8-9-21(13-18(14)24-17)15-5-2-1-3-6-15/h1-7,10,14,17-18H,8-9,11-13H2,(H,20,22)/t14-,17-,18+/m0/s1. The van der Waals surface area contributed by atoms with E-state index in [-0.39, 0.29) is 18.1 Å². The molecule has 0 radical (unpaired) electrons. The lowest BCUT2D eigenvalue weighted by Crippen LogP contribution is -2.42. The van der Waals surface area contributed by atoms with Gasteiger partial charge < -0.3 is 19.4 Å². The highest BCUT2D eigenvalue weighted by Gasteiger charge is 2.41. The highest BCUT2D eigenvalue weighted by Crippen LogP contribution is 2.34. The molecule has 1 aromatic carbocycles. The number of hydrogen-bond acceptors (Lipinski definition) is 4. The highest BCUT2D eigenvalue weighted by molar-refractivity contribution is 5.81. The lowest BCUT2D eigenvalue weighted by atomic mass is 9.91. The molecule has 0 spiro atoms. The number of piperidine rings is 1. The predicted molar refractivity (Wildman–Crippen MR) is 90.6 cm³/mol. The summed E-state index contributed by atoms with van der Waals surface area (Å²) in [6.45, 7) is 2.29. The van der Waals surface area contributed by atoms with Gasteiger partial charge in [0.15, 0.2) is 0 Å². The van der Waals surface area contributed by atoms with Crippen LogP contribution in [0.4, 0.5) is 5.69 Å². The normalized spacial score (nSPS) is 26.2. The summed E-state index contributed by atoms with van der Waals surface area (Å²) in [6.07, 6.45) is 3.29. The van der Waals surface area contributed by atoms with E-state index >= 15 is 0 Å². The third-order valence-electron chi connectivity index (χ3n) is 4.98. The van der Waals surface area contributed by atoms with Crippen molar-refractivity contribution in [1.29, 1.82) is 0 Å². The zero-order valence-electron chi connectivity index (χ0n) is 13.6. The van der Waals surface area contributed by atoms with Crippen molar-refractivity contribution in [2.45, 2.75) is 31.6 Å². The second-order valence-electron chi connectivity index (χ2n) is 6.53. The van der Waals surface area contributed by atoms with Gasteiger partial charge in [-0.25, -0.2) is 0 Å². The zero-order valence-corrected chi connectivity index (χ0v) is 13.6. The maximum atomic E-state index is 12.3. The van der Waals surface area contributed by atoms with Crippen LogP contribution < -0.4 is 10.2 Å². The van der Waals surface area contributed by atoms with Crippen LogP contribution in [0.15, 0.2) is 53.1 Å². The summed E-state index contributed by atoms with van der Waals surface area (Å²) in [4.78, 5) is 14.7. The van der Waals surface area contributed by atoms with Gasteiger partial charge in [0, 0.05) is 18.8 Å². The Labute approximate surface area is 141 Å². The van der Waals surface area contributed by atoms with E-state index in [1.807, 2.05) is 18.2 Å². The van der Waals surface area contributed by atoms with Crippen molar-refractivity contribution in [2.24, 2.45) is 5.92 Å². The van der Waals surface area contributed by atoms with Gasteiger partial charge in [-0.1, -0.05) is 18.2 Å². The van der Waals surface area contributed by atoms with Crippen molar-refractivity contribution >= 4 is 11.6 Å². The molecule has 1 N–H and O–H groups in total. The Bertz CT molecular complexity index is 671. The second kappa shape index (κ2) is 6.69. The summed E-state index contributed by atoms with van der Waals surface area (Å²) >= 11 is 0. The van der Waals surface area contributed by atoms with E-state index in [0.717, 1.165) is 31.7 Å². The number of rotatable bonds is 4. The number of nitrogens with zero attached hydrogens (tertiary/aromatic N) is 1. The molecule has 0 aliphatic carbocycles. The number of fused-ring (bicyclic) bond motifs is 1. The maximum Gasteiger partial charge on any atom is 0.249 e. The Morgan fingerprint density at radius 3 is 2.88 bits per heavy atom. The molecule has 5 nitrogen and oxygen atoms in total. The van der Waals surface area contributed by atoms with Gasteiger partial charge in [-0.15, -0.1) is 0 Å². The molecule has 0 unspecified atom stereocenters. The molecule has 2 aliphatic rings. The SMILES string of the molecule is O=C(NCc1ccco1)[C@@H]1C[C@@H]2CCN(c3ccccc3)C[C@H]2O1. The Morgan fingerprint density at radius 2 is 2.08 bits per heavy atom. The van der Waals surface area contributed by atoms with Crippen molar-refractivity contribution in [3.63, 3.8) is 0 Å². The van der Waals surface area contributed by atoms with Gasteiger partial charge in [0.05, 0.1) is 18.9 Å². The van der Waals surface area contributed by atoms with Crippen molar-refractivity contribution in [3.05, 3.63) is 54.5 Å². The average molecular weight is 326 g/mol. The number of anilines is 1. The molecule has 4 rings (SSSR count). The van der Waals surface area contributed by atoms with E-state index in [4.69, 9.17) is 9.15 Å². The van der Waals surface area contributed by atoms with Crippen LogP contribution in [0.1, 0.15) is 18.6 Å². The Morgan fingerprint density at radius 1 is 1.21 bits per heavy atom. The summed E-state index contributed by atoms with van der Waals surface area (Å²) in [6, 6.07) is 14.1. The number of hydrogen-bond donors (Lipinski definition) is 1. The van der Waals surface area contributed by atoms with E-state index in [9.17, 15) is 4.79 Å². The van der Waals surface area contributed by atoms with Gasteiger partial charge >= 0.3 is 0 Å². The third-order valence-corrected chi connectivity index (χ3v) is 4.98. The number of benzene rings is 1. The van der Waals surface area contributed by atoms with Gasteiger partial charge in [0.2, 0.25) is 5.91 Å². The zero-order chi connectivity index (χ0) is 16.4. The molecule has 2 aliphatic heterocycles. The van der Waals surface area contributed by atoms with Crippen LogP contribution in [0.25, 0.3) is 0 Å². The fourth-order valence-electron chi connectivity index (χ4n) is 3.67. The van der Waals surface area contributed by atoms with Gasteiger partial charge in [0.1, 0.15) is 11.9 Å². The molecule has 3 heterocycles. The molecule has 1 aromatic heterocycles. The minimum atomic E-state index is -0.342. The van der Waals surface area contributed by atoms with Gasteiger partial charge in [-0.3, -0.25) is 4.79 Å². The van der Waals surface area contributed by atoms with Crippen molar-refractivity contribution in [1.82, 2.24) is 5.32 Å². The van der Waals surface area contributed by atoms with Crippen LogP contribution in [0.5, 0.6) is 0 Å². The fraction of sp³-hybridized carbons (Fsp3) is 0.421. The first-order chi connectivity index (χ1) is 11.8. The molecule has 24 heavy (non-hydrogen) atoms. The van der Waals surface area contributed by atoms with Gasteiger partial charge in [-0.05, 0) is 43.0 Å². The maximum absolute atomic E-state index is 12.3. The molecule has 2 saturated heterocycles. The van der Waals surface area contributed by atoms with Gasteiger partial charge in [0.25, 0.3) is 0 Å². The quantitative estimate of drug-likeness (QED) is 0.938. The molecule has 126 valence electrons. The number of carbonyl (C=O) groups excluding carboxylic acids is 1. The van der Waals surface area contributed by atoms with Crippen LogP contribution in [0, 0.1) is 5.92 Å². The lowest BCUT2D eigenvalue weighted by Gasteiger charge is -2.35. The summed E-state index contributed by atoms with van der Waals surface area (Å²) < 4.78 is 11.3. The lowest BCUT2D eigenvalue weighted by molar-refractivity contribution is -0.132. The van der Waals surface area contributed by atoms with Crippen molar-refractivity contribution < 1.29 is 13.9 Å². The first-order valence-electron chi connectivity index (χ1n) is 8.55.